The van der Waals surface area contributed by atoms with Crippen molar-refractivity contribution in [3.63, 3.8) is 0 Å². The van der Waals surface area contributed by atoms with Gasteiger partial charge in [-0.25, -0.2) is 4.98 Å². The SMILES string of the molecule is CCc1ccc(-c2csc(NC(=O)c3ccc4c(c3)NC(=O)CCS4)n2)cc1. The third-order valence-electron chi connectivity index (χ3n) is 4.49. The summed E-state index contributed by atoms with van der Waals surface area (Å²) in [5, 5.41) is 8.20. The summed E-state index contributed by atoms with van der Waals surface area (Å²) < 4.78 is 0. The average Bonchev–Trinajstić information content (AvgIpc) is 3.08. The molecule has 7 heteroatoms. The number of carbonyl (C=O) groups excluding carboxylic acids is 2. The number of hydrogen-bond acceptors (Lipinski definition) is 5. The molecule has 142 valence electrons. The van der Waals surface area contributed by atoms with Crippen molar-refractivity contribution in [1.82, 2.24) is 4.98 Å². The number of amides is 2. The van der Waals surface area contributed by atoms with E-state index < -0.39 is 0 Å². The maximum absolute atomic E-state index is 12.6. The topological polar surface area (TPSA) is 71.1 Å². The lowest BCUT2D eigenvalue weighted by Gasteiger charge is -2.08. The van der Waals surface area contributed by atoms with Crippen LogP contribution in [0, 0.1) is 0 Å². The highest BCUT2D eigenvalue weighted by Gasteiger charge is 2.16. The van der Waals surface area contributed by atoms with Gasteiger partial charge in [0.25, 0.3) is 5.91 Å². The van der Waals surface area contributed by atoms with Crippen molar-refractivity contribution in [2.75, 3.05) is 16.4 Å². The highest BCUT2D eigenvalue weighted by Crippen LogP contribution is 2.32. The molecule has 0 spiro atoms. The van der Waals surface area contributed by atoms with Crippen molar-refractivity contribution in [1.29, 1.82) is 0 Å². The summed E-state index contributed by atoms with van der Waals surface area (Å²) in [6, 6.07) is 13.7. The maximum atomic E-state index is 12.6. The van der Waals surface area contributed by atoms with Crippen LogP contribution in [0.4, 0.5) is 10.8 Å². The molecule has 0 aliphatic carbocycles. The van der Waals surface area contributed by atoms with Gasteiger partial charge in [-0.3, -0.25) is 14.9 Å². The monoisotopic (exact) mass is 409 g/mol. The summed E-state index contributed by atoms with van der Waals surface area (Å²) in [7, 11) is 0. The Morgan fingerprint density at radius 1 is 1.21 bits per heavy atom. The summed E-state index contributed by atoms with van der Waals surface area (Å²) >= 11 is 3.01. The lowest BCUT2D eigenvalue weighted by atomic mass is 10.1. The first kappa shape index (κ1) is 18.7. The van der Waals surface area contributed by atoms with Crippen LogP contribution in [-0.4, -0.2) is 22.6 Å². The van der Waals surface area contributed by atoms with Crippen LogP contribution in [0.25, 0.3) is 11.3 Å². The summed E-state index contributed by atoms with van der Waals surface area (Å²) in [5.74, 6) is 0.474. The van der Waals surface area contributed by atoms with Gasteiger partial charge < -0.3 is 5.32 Å². The molecule has 0 atom stereocenters. The number of rotatable bonds is 4. The van der Waals surface area contributed by atoms with Crippen molar-refractivity contribution in [3.8, 4) is 11.3 Å². The van der Waals surface area contributed by atoms with E-state index >= 15 is 0 Å². The Bertz CT molecular complexity index is 1030. The van der Waals surface area contributed by atoms with Crippen molar-refractivity contribution in [2.24, 2.45) is 0 Å². The molecule has 0 fully saturated rings. The first-order valence-electron chi connectivity index (χ1n) is 9.05. The number of aryl methyl sites for hydroxylation is 1. The van der Waals surface area contributed by atoms with E-state index in [2.05, 4.69) is 34.7 Å². The van der Waals surface area contributed by atoms with Crippen LogP contribution in [-0.2, 0) is 11.2 Å². The normalized spacial score (nSPS) is 13.4. The fourth-order valence-electron chi connectivity index (χ4n) is 2.91. The van der Waals surface area contributed by atoms with Crippen molar-refractivity contribution < 1.29 is 9.59 Å². The van der Waals surface area contributed by atoms with E-state index in [0.717, 1.165) is 28.3 Å². The number of thiazole rings is 1. The summed E-state index contributed by atoms with van der Waals surface area (Å²) in [6.07, 6.45) is 1.47. The fourth-order valence-corrected chi connectivity index (χ4v) is 4.56. The molecule has 2 heterocycles. The molecule has 0 bridgehead atoms. The summed E-state index contributed by atoms with van der Waals surface area (Å²) in [4.78, 5) is 29.9. The second-order valence-corrected chi connectivity index (χ2v) is 8.39. The number of benzene rings is 2. The van der Waals surface area contributed by atoms with Crippen LogP contribution in [0.5, 0.6) is 0 Å². The lowest BCUT2D eigenvalue weighted by molar-refractivity contribution is -0.115. The van der Waals surface area contributed by atoms with Gasteiger partial charge in [-0.15, -0.1) is 23.1 Å². The Balaban J connectivity index is 1.49. The second kappa shape index (κ2) is 8.16. The van der Waals surface area contributed by atoms with Crippen molar-refractivity contribution in [2.45, 2.75) is 24.7 Å². The van der Waals surface area contributed by atoms with Gasteiger partial charge in [0.15, 0.2) is 5.13 Å². The van der Waals surface area contributed by atoms with Gasteiger partial charge in [0.05, 0.1) is 11.4 Å². The van der Waals surface area contributed by atoms with Gasteiger partial charge in [-0.05, 0) is 30.2 Å². The molecule has 1 aromatic heterocycles. The Kier molecular flexibility index (Phi) is 5.45. The number of hydrogen-bond donors (Lipinski definition) is 2. The minimum Gasteiger partial charge on any atom is -0.325 e. The minimum absolute atomic E-state index is 0.0255. The van der Waals surface area contributed by atoms with Crippen LogP contribution < -0.4 is 10.6 Å². The average molecular weight is 410 g/mol. The molecule has 0 radical (unpaired) electrons. The molecule has 4 rings (SSSR count). The maximum Gasteiger partial charge on any atom is 0.257 e. The minimum atomic E-state index is -0.242. The van der Waals surface area contributed by atoms with Gasteiger partial charge >= 0.3 is 0 Å². The van der Waals surface area contributed by atoms with E-state index in [9.17, 15) is 9.59 Å². The molecule has 2 aromatic carbocycles. The molecule has 2 amide bonds. The van der Waals surface area contributed by atoms with Gasteiger partial charge in [0, 0.05) is 33.6 Å². The van der Waals surface area contributed by atoms with Crippen LogP contribution in [0.2, 0.25) is 0 Å². The number of nitrogens with one attached hydrogen (secondary N) is 2. The number of fused-ring (bicyclic) bond motifs is 1. The standard InChI is InChI=1S/C21H19N3O2S2/c1-2-13-3-5-14(6-4-13)17-12-28-21(23-17)24-20(26)15-7-8-18-16(11-15)22-19(25)9-10-27-18/h3-8,11-12H,2,9-10H2,1H3,(H,22,25)(H,23,24,26). The molecule has 0 saturated carbocycles. The van der Waals surface area contributed by atoms with E-state index in [0.29, 0.717) is 22.8 Å². The summed E-state index contributed by atoms with van der Waals surface area (Å²) in [6.45, 7) is 2.12. The van der Waals surface area contributed by atoms with Crippen LogP contribution in [0.1, 0.15) is 29.3 Å². The van der Waals surface area contributed by atoms with E-state index in [4.69, 9.17) is 0 Å². The number of aromatic nitrogens is 1. The first-order chi connectivity index (χ1) is 13.6. The van der Waals surface area contributed by atoms with Crippen LogP contribution >= 0.6 is 23.1 Å². The smallest absolute Gasteiger partial charge is 0.257 e. The first-order valence-corrected chi connectivity index (χ1v) is 10.9. The van der Waals surface area contributed by atoms with E-state index in [1.807, 2.05) is 23.6 Å². The Morgan fingerprint density at radius 2 is 2.04 bits per heavy atom. The van der Waals surface area contributed by atoms with Crippen molar-refractivity contribution in [3.05, 3.63) is 59.0 Å². The zero-order valence-electron chi connectivity index (χ0n) is 15.3. The highest BCUT2D eigenvalue weighted by molar-refractivity contribution is 7.99. The van der Waals surface area contributed by atoms with Crippen molar-refractivity contribution >= 4 is 45.7 Å². The van der Waals surface area contributed by atoms with E-state index in [1.54, 1.807) is 23.9 Å². The Morgan fingerprint density at radius 3 is 2.82 bits per heavy atom. The van der Waals surface area contributed by atoms with Gasteiger partial charge in [-0.2, -0.15) is 0 Å². The predicted molar refractivity (Wildman–Crippen MR) is 115 cm³/mol. The molecule has 3 aromatic rings. The lowest BCUT2D eigenvalue weighted by Crippen LogP contribution is -2.14. The molecule has 5 nitrogen and oxygen atoms in total. The molecular weight excluding hydrogens is 390 g/mol. The zero-order chi connectivity index (χ0) is 19.5. The molecule has 0 unspecified atom stereocenters. The number of nitrogens with zero attached hydrogens (tertiary/aromatic N) is 1. The molecule has 0 saturated heterocycles. The molecule has 28 heavy (non-hydrogen) atoms. The third-order valence-corrected chi connectivity index (χ3v) is 6.32. The zero-order valence-corrected chi connectivity index (χ0v) is 17.0. The van der Waals surface area contributed by atoms with Crippen LogP contribution in [0.15, 0.2) is 52.7 Å². The van der Waals surface area contributed by atoms with Gasteiger partial charge in [0.2, 0.25) is 5.91 Å². The second-order valence-electron chi connectivity index (χ2n) is 6.40. The van der Waals surface area contributed by atoms with E-state index in [-0.39, 0.29) is 11.8 Å². The Labute approximate surface area is 171 Å². The third kappa shape index (κ3) is 4.10. The van der Waals surface area contributed by atoms with Gasteiger partial charge in [0.1, 0.15) is 0 Å². The number of anilines is 2. The predicted octanol–water partition coefficient (Wildman–Crippen LogP) is 5.06. The largest absolute Gasteiger partial charge is 0.325 e. The van der Waals surface area contributed by atoms with Crippen LogP contribution in [0.3, 0.4) is 0 Å². The van der Waals surface area contributed by atoms with E-state index in [1.165, 1.54) is 16.9 Å². The molecule has 1 aliphatic rings. The molecular formula is C21H19N3O2S2. The highest BCUT2D eigenvalue weighted by atomic mass is 32.2. The fraction of sp³-hybridized carbons (Fsp3) is 0.190. The number of thioether (sulfide) groups is 1. The molecule has 1 aliphatic heterocycles. The quantitative estimate of drug-likeness (QED) is 0.632. The van der Waals surface area contributed by atoms with Gasteiger partial charge in [-0.1, -0.05) is 31.2 Å². The Hall–Kier alpha value is -2.64. The molecule has 2 N–H and O–H groups in total. The number of carbonyl (C=O) groups is 2. The summed E-state index contributed by atoms with van der Waals surface area (Å²) in [5.41, 5.74) is 4.33.